The van der Waals surface area contributed by atoms with Crippen molar-refractivity contribution in [2.75, 3.05) is 27.4 Å². The lowest BCUT2D eigenvalue weighted by Gasteiger charge is -2.34. The number of hydrogen-bond acceptors (Lipinski definition) is 5. The third-order valence-corrected chi connectivity index (χ3v) is 7.83. The van der Waals surface area contributed by atoms with Crippen LogP contribution in [0.5, 0.6) is 5.75 Å². The van der Waals surface area contributed by atoms with Gasteiger partial charge in [0.25, 0.3) is 0 Å². The maximum Gasteiger partial charge on any atom is 0.320 e. The molecule has 7 nitrogen and oxygen atoms in total. The number of nitrogens with zero attached hydrogens (tertiary/aromatic N) is 2. The van der Waals surface area contributed by atoms with E-state index in [1.807, 2.05) is 11.1 Å². The van der Waals surface area contributed by atoms with E-state index in [-0.39, 0.29) is 11.5 Å². The number of carbonyl (C=O) groups is 1. The zero-order chi connectivity index (χ0) is 25.7. The second-order valence-corrected chi connectivity index (χ2v) is 10.2. The summed E-state index contributed by atoms with van der Waals surface area (Å²) in [6.45, 7) is 4.07. The highest BCUT2D eigenvalue weighted by molar-refractivity contribution is 5.73. The Kier molecular flexibility index (Phi) is 8.86. The van der Waals surface area contributed by atoms with Gasteiger partial charge in [-0.15, -0.1) is 0 Å². The van der Waals surface area contributed by atoms with E-state index >= 15 is 0 Å². The number of likely N-dealkylation sites (tertiary alicyclic amines) is 1. The molecule has 1 aromatic heterocycles. The summed E-state index contributed by atoms with van der Waals surface area (Å²) < 4.78 is 13.2. The molecule has 196 valence electrons. The lowest BCUT2D eigenvalue weighted by molar-refractivity contribution is -0.144. The molecule has 2 atom stereocenters. The van der Waals surface area contributed by atoms with Gasteiger partial charge < -0.3 is 19.1 Å². The number of piperidine rings is 1. The first kappa shape index (κ1) is 26.4. The minimum Gasteiger partial charge on any atom is -0.496 e. The molecule has 0 spiro atoms. The number of aryl methyl sites for hydroxylation is 1. The van der Waals surface area contributed by atoms with Crippen molar-refractivity contribution >= 4 is 5.97 Å². The molecule has 0 saturated carbocycles. The molecular weight excluding hydrogens is 456 g/mol. The van der Waals surface area contributed by atoms with E-state index in [0.717, 1.165) is 75.0 Å². The second-order valence-electron chi connectivity index (χ2n) is 10.2. The highest BCUT2D eigenvalue weighted by Crippen LogP contribution is 2.39. The summed E-state index contributed by atoms with van der Waals surface area (Å²) in [6, 6.07) is 5.87. The van der Waals surface area contributed by atoms with Gasteiger partial charge in [0.15, 0.2) is 5.43 Å². The Morgan fingerprint density at radius 3 is 2.67 bits per heavy atom. The van der Waals surface area contributed by atoms with Gasteiger partial charge in [-0.2, -0.15) is 0 Å². The smallest absolute Gasteiger partial charge is 0.320 e. The molecule has 1 saturated heterocycles. The number of benzene rings is 1. The predicted molar refractivity (Wildman–Crippen MR) is 141 cm³/mol. The number of unbranched alkanes of at least 4 members (excludes halogenated alkanes) is 2. The molecule has 1 fully saturated rings. The highest BCUT2D eigenvalue weighted by Gasteiger charge is 2.30. The molecule has 1 aromatic carbocycles. The molecule has 2 unspecified atom stereocenters. The van der Waals surface area contributed by atoms with Gasteiger partial charge in [0, 0.05) is 49.7 Å². The maximum atomic E-state index is 13.3. The SMILES string of the molecule is CCC1Cc2cc(CCCCCOC)c(OC)cc2-c2cc(=O)c(CN3CCCCC3C(=O)O)cn21. The molecule has 2 aromatic rings. The van der Waals surface area contributed by atoms with Gasteiger partial charge in [-0.3, -0.25) is 14.5 Å². The van der Waals surface area contributed by atoms with E-state index in [9.17, 15) is 14.7 Å². The number of fused-ring (bicyclic) bond motifs is 3. The Balaban J connectivity index is 1.64. The summed E-state index contributed by atoms with van der Waals surface area (Å²) in [6.07, 6.45) is 10.6. The van der Waals surface area contributed by atoms with Crippen LogP contribution in [0.25, 0.3) is 11.3 Å². The summed E-state index contributed by atoms with van der Waals surface area (Å²) in [5.41, 5.74) is 5.12. The van der Waals surface area contributed by atoms with Gasteiger partial charge in [-0.05, 0) is 68.7 Å². The van der Waals surface area contributed by atoms with E-state index in [4.69, 9.17) is 9.47 Å². The van der Waals surface area contributed by atoms with Crippen LogP contribution in [-0.4, -0.2) is 54.0 Å². The van der Waals surface area contributed by atoms with Crippen LogP contribution >= 0.6 is 0 Å². The van der Waals surface area contributed by atoms with Crippen LogP contribution in [0.1, 0.15) is 74.6 Å². The van der Waals surface area contributed by atoms with E-state index in [0.29, 0.717) is 25.1 Å². The van der Waals surface area contributed by atoms with E-state index in [1.165, 1.54) is 11.1 Å². The van der Waals surface area contributed by atoms with E-state index < -0.39 is 12.0 Å². The molecule has 0 amide bonds. The number of carboxylic acid groups (broad SMARTS) is 1. The van der Waals surface area contributed by atoms with Crippen molar-refractivity contribution < 1.29 is 19.4 Å². The standard InChI is InChI=1S/C29H40N2O5/c1-4-23-15-21-14-20(10-6-5-9-13-35-2)28(36-3)16-24(21)26-17-27(32)22(19-31(23)26)18-30-12-8-7-11-25(30)29(33)34/h14,16-17,19,23,25H,4-13,15,18H2,1-3H3,(H,33,34). The molecule has 36 heavy (non-hydrogen) atoms. The molecule has 0 aliphatic carbocycles. The van der Waals surface area contributed by atoms with Crippen molar-refractivity contribution in [2.24, 2.45) is 0 Å². The van der Waals surface area contributed by atoms with Crippen LogP contribution in [0, 0.1) is 0 Å². The minimum absolute atomic E-state index is 0.0279. The van der Waals surface area contributed by atoms with Gasteiger partial charge in [0.05, 0.1) is 12.8 Å². The molecule has 0 bridgehead atoms. The number of hydrogen-bond donors (Lipinski definition) is 1. The summed E-state index contributed by atoms with van der Waals surface area (Å²) >= 11 is 0. The van der Waals surface area contributed by atoms with E-state index in [2.05, 4.69) is 23.6 Å². The first-order valence-electron chi connectivity index (χ1n) is 13.4. The third kappa shape index (κ3) is 5.68. The Labute approximate surface area is 214 Å². The number of aromatic nitrogens is 1. The third-order valence-electron chi connectivity index (χ3n) is 7.83. The molecule has 2 aliphatic rings. The molecule has 7 heteroatoms. The molecule has 1 N–H and O–H groups in total. The lowest BCUT2D eigenvalue weighted by Crippen LogP contribution is -2.44. The van der Waals surface area contributed by atoms with E-state index in [1.54, 1.807) is 20.3 Å². The fraction of sp³-hybridized carbons (Fsp3) is 0.586. The largest absolute Gasteiger partial charge is 0.496 e. The van der Waals surface area contributed by atoms with Crippen LogP contribution in [0.3, 0.4) is 0 Å². The lowest BCUT2D eigenvalue weighted by atomic mass is 9.88. The van der Waals surface area contributed by atoms with Crippen LogP contribution in [0.2, 0.25) is 0 Å². The maximum absolute atomic E-state index is 13.3. The van der Waals surface area contributed by atoms with Crippen molar-refractivity contribution in [1.82, 2.24) is 9.47 Å². The van der Waals surface area contributed by atoms with Gasteiger partial charge in [0.2, 0.25) is 0 Å². The van der Waals surface area contributed by atoms with Crippen molar-refractivity contribution in [3.8, 4) is 17.0 Å². The van der Waals surface area contributed by atoms with Crippen LogP contribution in [0.15, 0.2) is 29.2 Å². The second kappa shape index (κ2) is 12.1. The van der Waals surface area contributed by atoms with Crippen molar-refractivity contribution in [2.45, 2.75) is 83.3 Å². The molecule has 2 aliphatic heterocycles. The normalized spacial score (nSPS) is 19.5. The molecule has 0 radical (unpaired) electrons. The van der Waals surface area contributed by atoms with Crippen LogP contribution in [-0.2, 0) is 28.9 Å². The average molecular weight is 497 g/mol. The monoisotopic (exact) mass is 496 g/mol. The van der Waals surface area contributed by atoms with Crippen LogP contribution < -0.4 is 10.2 Å². The van der Waals surface area contributed by atoms with Crippen molar-refractivity contribution in [3.05, 3.63) is 51.3 Å². The summed E-state index contributed by atoms with van der Waals surface area (Å²) in [7, 11) is 3.45. The number of pyridine rings is 1. The number of ether oxygens (including phenoxy) is 2. The minimum atomic E-state index is -0.797. The first-order valence-corrected chi connectivity index (χ1v) is 13.4. The average Bonchev–Trinajstić information content (AvgIpc) is 2.88. The number of rotatable bonds is 11. The Morgan fingerprint density at radius 2 is 1.94 bits per heavy atom. The topological polar surface area (TPSA) is 81.0 Å². The van der Waals surface area contributed by atoms with Crippen molar-refractivity contribution in [1.29, 1.82) is 0 Å². The molecular formula is C29H40N2O5. The fourth-order valence-electron chi connectivity index (χ4n) is 5.81. The molecule has 4 rings (SSSR count). The summed E-state index contributed by atoms with van der Waals surface area (Å²) in [4.78, 5) is 27.0. The summed E-state index contributed by atoms with van der Waals surface area (Å²) in [5, 5.41) is 9.66. The van der Waals surface area contributed by atoms with Gasteiger partial charge in [-0.1, -0.05) is 25.8 Å². The Bertz CT molecular complexity index is 1130. The quantitative estimate of drug-likeness (QED) is 0.449. The van der Waals surface area contributed by atoms with Gasteiger partial charge in [0.1, 0.15) is 11.8 Å². The Morgan fingerprint density at radius 1 is 1.11 bits per heavy atom. The van der Waals surface area contributed by atoms with Crippen LogP contribution in [0.4, 0.5) is 0 Å². The highest BCUT2D eigenvalue weighted by atomic mass is 16.5. The number of aliphatic carboxylic acids is 1. The predicted octanol–water partition coefficient (Wildman–Crippen LogP) is 4.83. The van der Waals surface area contributed by atoms with Crippen molar-refractivity contribution in [3.63, 3.8) is 0 Å². The van der Waals surface area contributed by atoms with Gasteiger partial charge >= 0.3 is 5.97 Å². The zero-order valence-corrected chi connectivity index (χ0v) is 21.9. The first-order chi connectivity index (χ1) is 17.5. The summed E-state index contributed by atoms with van der Waals surface area (Å²) in [5.74, 6) is 0.0749. The Hall–Kier alpha value is -2.64. The zero-order valence-electron chi connectivity index (χ0n) is 21.9. The molecule has 3 heterocycles. The number of methoxy groups -OCH3 is 2. The number of carboxylic acids is 1. The van der Waals surface area contributed by atoms with Gasteiger partial charge in [-0.25, -0.2) is 0 Å². The fourth-order valence-corrected chi connectivity index (χ4v) is 5.81.